The molecule has 210 valence electrons. The minimum absolute atomic E-state index is 0.171. The highest BCUT2D eigenvalue weighted by Crippen LogP contribution is 2.29. The van der Waals surface area contributed by atoms with Crippen molar-refractivity contribution in [1.29, 1.82) is 0 Å². The van der Waals surface area contributed by atoms with Crippen molar-refractivity contribution in [3.63, 3.8) is 0 Å². The van der Waals surface area contributed by atoms with E-state index in [0.29, 0.717) is 29.1 Å². The average Bonchev–Trinajstić information content (AvgIpc) is 3.22. The third kappa shape index (κ3) is 5.28. The number of imidazole rings is 1. The van der Waals surface area contributed by atoms with Crippen LogP contribution in [0, 0.1) is 12.7 Å². The highest BCUT2D eigenvalue weighted by molar-refractivity contribution is 5.78. The monoisotopic (exact) mass is 545 g/mol. The van der Waals surface area contributed by atoms with Crippen LogP contribution in [0.3, 0.4) is 0 Å². The highest BCUT2D eigenvalue weighted by Gasteiger charge is 2.32. The maximum absolute atomic E-state index is 14.9. The number of rotatable bonds is 6. The molecule has 10 nitrogen and oxygen atoms in total. The number of nitrogens with one attached hydrogen (secondary N) is 1. The first-order valence-electron chi connectivity index (χ1n) is 13.8. The zero-order chi connectivity index (χ0) is 28.0. The predicted molar refractivity (Wildman–Crippen MR) is 152 cm³/mol. The van der Waals surface area contributed by atoms with Crippen LogP contribution in [-0.2, 0) is 16.8 Å². The van der Waals surface area contributed by atoms with E-state index < -0.39 is 5.82 Å². The smallest absolute Gasteiger partial charge is 0.229 e. The molecule has 0 amide bonds. The largest absolute Gasteiger partial charge is 0.378 e. The van der Waals surface area contributed by atoms with Crippen LogP contribution in [-0.4, -0.2) is 84.2 Å². The first kappa shape index (κ1) is 26.7. The Morgan fingerprint density at radius 2 is 1.88 bits per heavy atom. The molecular formula is C29H36FN9O. The summed E-state index contributed by atoms with van der Waals surface area (Å²) in [6.07, 6.45) is 4.65. The second kappa shape index (κ2) is 10.5. The van der Waals surface area contributed by atoms with Gasteiger partial charge in [0.25, 0.3) is 0 Å². The lowest BCUT2D eigenvalue weighted by atomic mass is 10.1. The summed E-state index contributed by atoms with van der Waals surface area (Å²) in [7, 11) is 0. The Balaban J connectivity index is 1.16. The Hall–Kier alpha value is -3.54. The summed E-state index contributed by atoms with van der Waals surface area (Å²) < 4.78 is 22.4. The topological polar surface area (TPSA) is 97.1 Å². The van der Waals surface area contributed by atoms with Crippen molar-refractivity contribution in [1.82, 2.24) is 39.3 Å². The number of piperazine rings is 1. The molecule has 4 aromatic rings. The van der Waals surface area contributed by atoms with Crippen molar-refractivity contribution in [3.8, 4) is 11.3 Å². The van der Waals surface area contributed by atoms with Crippen LogP contribution in [0.4, 0.5) is 16.2 Å². The standard InChI is InChI=1S/C29H36FN9O/c1-18-14-38(22-16-40-17-22)9-8-37(18)15-20-6-7-25(31-11-20)35-28-33-13-23(30)26(36-28)21-10-24-27(32-12-21)34-19(2)39(24)29(3,4)5/h6-7,10-13,18,22H,8-9,14-17H2,1-5H3,(H,31,33,35,36). The average molecular weight is 546 g/mol. The number of nitrogens with zero attached hydrogens (tertiary/aromatic N) is 8. The molecule has 2 aliphatic heterocycles. The van der Waals surface area contributed by atoms with E-state index in [9.17, 15) is 4.39 Å². The second-order valence-corrected chi connectivity index (χ2v) is 11.8. The van der Waals surface area contributed by atoms with Gasteiger partial charge in [0.05, 0.1) is 31.0 Å². The molecular weight excluding hydrogens is 509 g/mol. The molecule has 6 heterocycles. The van der Waals surface area contributed by atoms with Crippen LogP contribution in [0.25, 0.3) is 22.4 Å². The van der Waals surface area contributed by atoms with E-state index in [4.69, 9.17) is 4.74 Å². The van der Waals surface area contributed by atoms with Gasteiger partial charge in [0.1, 0.15) is 17.3 Å². The molecule has 1 atom stereocenters. The molecule has 0 aliphatic carbocycles. The number of ether oxygens (including phenoxy) is 1. The molecule has 1 N–H and O–H groups in total. The molecule has 0 radical (unpaired) electrons. The summed E-state index contributed by atoms with van der Waals surface area (Å²) in [6, 6.07) is 6.91. The van der Waals surface area contributed by atoms with Crippen LogP contribution in [0.5, 0.6) is 0 Å². The Kier molecular flexibility index (Phi) is 6.97. The Bertz CT molecular complexity index is 1510. The molecule has 4 aromatic heterocycles. The van der Waals surface area contributed by atoms with Gasteiger partial charge in [0.2, 0.25) is 5.95 Å². The molecule has 0 bridgehead atoms. The molecule has 11 heteroatoms. The third-order valence-corrected chi connectivity index (χ3v) is 7.75. The van der Waals surface area contributed by atoms with Gasteiger partial charge >= 0.3 is 0 Å². The number of aromatic nitrogens is 6. The number of pyridine rings is 2. The summed E-state index contributed by atoms with van der Waals surface area (Å²) in [4.78, 5) is 27.3. The lowest BCUT2D eigenvalue weighted by molar-refractivity contribution is -0.0855. The summed E-state index contributed by atoms with van der Waals surface area (Å²) in [5, 5.41) is 3.12. The fourth-order valence-corrected chi connectivity index (χ4v) is 5.65. The van der Waals surface area contributed by atoms with Crippen LogP contribution in [0.15, 0.2) is 36.8 Å². The molecule has 2 aliphatic rings. The van der Waals surface area contributed by atoms with Crippen LogP contribution < -0.4 is 5.32 Å². The number of anilines is 2. The third-order valence-electron chi connectivity index (χ3n) is 7.75. The Labute approximate surface area is 233 Å². The summed E-state index contributed by atoms with van der Waals surface area (Å²) >= 11 is 0. The Morgan fingerprint density at radius 1 is 1.05 bits per heavy atom. The van der Waals surface area contributed by atoms with Gasteiger partial charge in [-0.1, -0.05) is 6.07 Å². The zero-order valence-electron chi connectivity index (χ0n) is 23.7. The predicted octanol–water partition coefficient (Wildman–Crippen LogP) is 4.13. The molecule has 40 heavy (non-hydrogen) atoms. The number of aryl methyl sites for hydroxylation is 1. The zero-order valence-corrected chi connectivity index (χ0v) is 23.7. The minimum Gasteiger partial charge on any atom is -0.378 e. The van der Waals surface area contributed by atoms with Crippen LogP contribution in [0.2, 0.25) is 0 Å². The van der Waals surface area contributed by atoms with Crippen LogP contribution in [0.1, 0.15) is 39.1 Å². The highest BCUT2D eigenvalue weighted by atomic mass is 19.1. The summed E-state index contributed by atoms with van der Waals surface area (Å²) in [5.74, 6) is 1.20. The molecule has 0 saturated carbocycles. The van der Waals surface area contributed by atoms with Crippen molar-refractivity contribution in [2.75, 3.05) is 38.2 Å². The number of fused-ring (bicyclic) bond motifs is 1. The molecule has 0 spiro atoms. The normalized spacial score (nSPS) is 19.2. The van der Waals surface area contributed by atoms with Crippen molar-refractivity contribution in [2.24, 2.45) is 0 Å². The number of hydrogen-bond acceptors (Lipinski definition) is 9. The molecule has 6 rings (SSSR count). The fourth-order valence-electron chi connectivity index (χ4n) is 5.65. The lowest BCUT2D eigenvalue weighted by Gasteiger charge is -2.45. The van der Waals surface area contributed by atoms with E-state index in [0.717, 1.165) is 56.3 Å². The van der Waals surface area contributed by atoms with Gasteiger partial charge in [0, 0.05) is 55.7 Å². The minimum atomic E-state index is -0.521. The van der Waals surface area contributed by atoms with Gasteiger partial charge < -0.3 is 14.6 Å². The van der Waals surface area contributed by atoms with Crippen LogP contribution >= 0.6 is 0 Å². The van der Waals surface area contributed by atoms with E-state index in [2.05, 4.69) is 78.4 Å². The fraction of sp³-hybridized carbons (Fsp3) is 0.483. The SMILES string of the molecule is Cc1nc2ncc(-c3nc(Nc4ccc(CN5CCN(C6COC6)CC5C)cn4)ncc3F)cc2n1C(C)(C)C. The first-order chi connectivity index (χ1) is 19.2. The van der Waals surface area contributed by atoms with E-state index in [-0.39, 0.29) is 17.2 Å². The van der Waals surface area contributed by atoms with Gasteiger partial charge in [-0.2, -0.15) is 0 Å². The van der Waals surface area contributed by atoms with Gasteiger partial charge in [-0.15, -0.1) is 0 Å². The van der Waals surface area contributed by atoms with Gasteiger partial charge in [-0.05, 0) is 52.3 Å². The maximum atomic E-state index is 14.9. The molecule has 2 fully saturated rings. The Morgan fingerprint density at radius 3 is 2.55 bits per heavy atom. The van der Waals surface area contributed by atoms with E-state index >= 15 is 0 Å². The van der Waals surface area contributed by atoms with Crippen molar-refractivity contribution < 1.29 is 9.13 Å². The van der Waals surface area contributed by atoms with Gasteiger partial charge in [-0.25, -0.2) is 29.3 Å². The summed E-state index contributed by atoms with van der Waals surface area (Å²) in [5.41, 5.74) is 3.13. The maximum Gasteiger partial charge on any atom is 0.229 e. The quantitative estimate of drug-likeness (QED) is 0.384. The molecule has 2 saturated heterocycles. The number of halogens is 1. The van der Waals surface area contributed by atoms with E-state index in [1.165, 1.54) is 6.20 Å². The van der Waals surface area contributed by atoms with Crippen molar-refractivity contribution in [3.05, 3.63) is 54.0 Å². The summed E-state index contributed by atoms with van der Waals surface area (Å²) in [6.45, 7) is 16.3. The second-order valence-electron chi connectivity index (χ2n) is 11.8. The van der Waals surface area contributed by atoms with Crippen molar-refractivity contribution in [2.45, 2.75) is 58.8 Å². The van der Waals surface area contributed by atoms with Gasteiger partial charge in [0.15, 0.2) is 11.5 Å². The molecule has 0 aromatic carbocycles. The van der Waals surface area contributed by atoms with E-state index in [1.54, 1.807) is 6.20 Å². The van der Waals surface area contributed by atoms with Crippen molar-refractivity contribution >= 4 is 22.9 Å². The van der Waals surface area contributed by atoms with E-state index in [1.807, 2.05) is 25.3 Å². The lowest BCUT2D eigenvalue weighted by Crippen LogP contribution is -2.59. The molecule has 1 unspecified atom stereocenters. The first-order valence-corrected chi connectivity index (χ1v) is 13.8. The van der Waals surface area contributed by atoms with Gasteiger partial charge in [-0.3, -0.25) is 9.80 Å². The number of hydrogen-bond donors (Lipinski definition) is 1.